The highest BCUT2D eigenvalue weighted by atomic mass is 127. The number of halogens is 1. The summed E-state index contributed by atoms with van der Waals surface area (Å²) in [5, 5.41) is 15.0. The highest BCUT2D eigenvalue weighted by Crippen LogP contribution is 2.26. The van der Waals surface area contributed by atoms with Crippen molar-refractivity contribution in [2.24, 2.45) is 4.99 Å². The van der Waals surface area contributed by atoms with E-state index in [2.05, 4.69) is 56.3 Å². The molecule has 2 heterocycles. The van der Waals surface area contributed by atoms with Crippen LogP contribution in [0.4, 0.5) is 0 Å². The second kappa shape index (κ2) is 14.3. The minimum absolute atomic E-state index is 0. The van der Waals surface area contributed by atoms with Gasteiger partial charge in [0.2, 0.25) is 0 Å². The molecule has 3 rings (SSSR count). The van der Waals surface area contributed by atoms with Crippen molar-refractivity contribution in [3.63, 3.8) is 0 Å². The van der Waals surface area contributed by atoms with Gasteiger partial charge in [0.25, 0.3) is 0 Å². The molecule has 0 radical (unpaired) electrons. The van der Waals surface area contributed by atoms with Crippen molar-refractivity contribution in [3.05, 3.63) is 42.0 Å². The third-order valence-electron chi connectivity index (χ3n) is 5.76. The van der Waals surface area contributed by atoms with Crippen molar-refractivity contribution < 1.29 is 4.74 Å². The Morgan fingerprint density at radius 1 is 1.12 bits per heavy atom. The van der Waals surface area contributed by atoms with Gasteiger partial charge in [-0.15, -0.1) is 34.2 Å². The van der Waals surface area contributed by atoms with Crippen LogP contribution in [0.3, 0.4) is 0 Å². The van der Waals surface area contributed by atoms with Crippen LogP contribution in [0.25, 0.3) is 0 Å². The second-order valence-electron chi connectivity index (χ2n) is 7.83. The van der Waals surface area contributed by atoms with Gasteiger partial charge in [-0.05, 0) is 50.6 Å². The summed E-state index contributed by atoms with van der Waals surface area (Å²) in [6.07, 6.45) is 6.51. The van der Waals surface area contributed by atoms with Crippen molar-refractivity contribution in [2.75, 3.05) is 39.8 Å². The zero-order valence-electron chi connectivity index (χ0n) is 19.6. The molecular weight excluding hydrogens is 517 g/mol. The zero-order chi connectivity index (χ0) is 21.9. The molecular formula is C23H38IN7O. The van der Waals surface area contributed by atoms with Gasteiger partial charge in [-0.25, -0.2) is 0 Å². The Morgan fingerprint density at radius 3 is 2.53 bits per heavy atom. The Morgan fingerprint density at radius 2 is 1.88 bits per heavy atom. The number of aryl methyl sites for hydroxylation is 1. The SMILES string of the molecule is CCNC(=NCC(c1ccc(OC)cc1)N1CCCCC1)NCCn1cnnc1CC.I. The molecule has 0 aliphatic carbocycles. The van der Waals surface area contributed by atoms with Gasteiger partial charge in [0.1, 0.15) is 17.9 Å². The second-order valence-corrected chi connectivity index (χ2v) is 7.83. The molecule has 1 aliphatic rings. The van der Waals surface area contributed by atoms with E-state index in [0.717, 1.165) is 56.7 Å². The van der Waals surface area contributed by atoms with Crippen molar-refractivity contribution in [3.8, 4) is 5.75 Å². The molecule has 2 aromatic rings. The lowest BCUT2D eigenvalue weighted by Crippen LogP contribution is -2.40. The highest BCUT2D eigenvalue weighted by Gasteiger charge is 2.22. The average Bonchev–Trinajstić information content (AvgIpc) is 3.28. The van der Waals surface area contributed by atoms with Crippen molar-refractivity contribution in [2.45, 2.75) is 52.1 Å². The first-order chi connectivity index (χ1) is 15.2. The van der Waals surface area contributed by atoms with E-state index in [1.54, 1.807) is 13.4 Å². The monoisotopic (exact) mass is 555 g/mol. The van der Waals surface area contributed by atoms with Gasteiger partial charge in [-0.2, -0.15) is 0 Å². The fraction of sp³-hybridized carbons (Fsp3) is 0.609. The molecule has 0 spiro atoms. The summed E-state index contributed by atoms with van der Waals surface area (Å²) in [6.45, 7) is 9.58. The Kier molecular flexibility index (Phi) is 11.8. The topological polar surface area (TPSA) is 79.6 Å². The van der Waals surface area contributed by atoms with E-state index in [1.165, 1.54) is 24.8 Å². The number of benzene rings is 1. The number of nitrogens with zero attached hydrogens (tertiary/aromatic N) is 5. The zero-order valence-corrected chi connectivity index (χ0v) is 21.9. The molecule has 9 heteroatoms. The van der Waals surface area contributed by atoms with Crippen molar-refractivity contribution >= 4 is 29.9 Å². The van der Waals surface area contributed by atoms with Gasteiger partial charge in [-0.1, -0.05) is 25.5 Å². The Bertz CT molecular complexity index is 803. The lowest BCUT2D eigenvalue weighted by molar-refractivity contribution is 0.167. The number of methoxy groups -OCH3 is 1. The van der Waals surface area contributed by atoms with Crippen LogP contribution in [0.2, 0.25) is 0 Å². The number of rotatable bonds is 10. The molecule has 32 heavy (non-hydrogen) atoms. The van der Waals surface area contributed by atoms with Gasteiger partial charge in [-0.3, -0.25) is 9.89 Å². The number of aromatic nitrogens is 3. The standard InChI is InChI=1S/C23H37N7O.HI/c1-4-22-28-27-18-30(22)16-13-25-23(24-5-2)26-17-21(29-14-7-6-8-15-29)19-9-11-20(31-3)12-10-19;/h9-12,18,21H,4-8,13-17H2,1-3H3,(H2,24,25,26);1H. The fourth-order valence-corrected chi connectivity index (χ4v) is 4.04. The number of likely N-dealkylation sites (tertiary alicyclic amines) is 1. The lowest BCUT2D eigenvalue weighted by Gasteiger charge is -2.34. The summed E-state index contributed by atoms with van der Waals surface area (Å²) in [5.74, 6) is 2.75. The van der Waals surface area contributed by atoms with Gasteiger partial charge >= 0.3 is 0 Å². The predicted octanol–water partition coefficient (Wildman–Crippen LogP) is 3.25. The van der Waals surface area contributed by atoms with E-state index in [0.29, 0.717) is 6.54 Å². The molecule has 1 fully saturated rings. The van der Waals surface area contributed by atoms with Crippen LogP contribution in [0.5, 0.6) is 5.75 Å². The lowest BCUT2D eigenvalue weighted by atomic mass is 10.0. The van der Waals surface area contributed by atoms with E-state index in [1.807, 2.05) is 12.1 Å². The van der Waals surface area contributed by atoms with Crippen LogP contribution in [0.1, 0.15) is 50.5 Å². The van der Waals surface area contributed by atoms with Crippen LogP contribution in [-0.2, 0) is 13.0 Å². The van der Waals surface area contributed by atoms with E-state index >= 15 is 0 Å². The van der Waals surface area contributed by atoms with Crippen LogP contribution in [0.15, 0.2) is 35.6 Å². The van der Waals surface area contributed by atoms with E-state index in [9.17, 15) is 0 Å². The van der Waals surface area contributed by atoms with Crippen LogP contribution < -0.4 is 15.4 Å². The molecule has 1 atom stereocenters. The van der Waals surface area contributed by atoms with Gasteiger partial charge in [0.05, 0.1) is 19.7 Å². The minimum atomic E-state index is 0. The number of piperidine rings is 1. The number of nitrogens with one attached hydrogen (secondary N) is 2. The highest BCUT2D eigenvalue weighted by molar-refractivity contribution is 14.0. The third-order valence-corrected chi connectivity index (χ3v) is 5.76. The van der Waals surface area contributed by atoms with Gasteiger partial charge in [0, 0.05) is 26.1 Å². The first kappa shape index (κ1) is 26.4. The van der Waals surface area contributed by atoms with Crippen LogP contribution in [-0.4, -0.2) is 65.5 Å². The largest absolute Gasteiger partial charge is 0.497 e. The van der Waals surface area contributed by atoms with Crippen molar-refractivity contribution in [1.82, 2.24) is 30.3 Å². The van der Waals surface area contributed by atoms with Gasteiger partial charge in [0.15, 0.2) is 5.96 Å². The molecule has 1 unspecified atom stereocenters. The summed E-state index contributed by atoms with van der Waals surface area (Å²) in [6, 6.07) is 8.71. The summed E-state index contributed by atoms with van der Waals surface area (Å²) >= 11 is 0. The maximum Gasteiger partial charge on any atom is 0.191 e. The van der Waals surface area contributed by atoms with E-state index in [4.69, 9.17) is 9.73 Å². The number of guanidine groups is 1. The summed E-state index contributed by atoms with van der Waals surface area (Å²) in [7, 11) is 1.71. The maximum atomic E-state index is 5.34. The number of aliphatic imine (C=N–C) groups is 1. The molecule has 2 N–H and O–H groups in total. The Balaban J connectivity index is 0.00000363. The molecule has 178 valence electrons. The van der Waals surface area contributed by atoms with E-state index < -0.39 is 0 Å². The molecule has 1 aromatic heterocycles. The first-order valence-corrected chi connectivity index (χ1v) is 11.5. The van der Waals surface area contributed by atoms with Crippen LogP contribution >= 0.6 is 24.0 Å². The first-order valence-electron chi connectivity index (χ1n) is 11.5. The summed E-state index contributed by atoms with van der Waals surface area (Å²) in [5.41, 5.74) is 1.29. The number of hydrogen-bond donors (Lipinski definition) is 2. The molecule has 1 aromatic carbocycles. The molecule has 1 saturated heterocycles. The van der Waals surface area contributed by atoms with Gasteiger partial charge < -0.3 is 19.9 Å². The molecule has 8 nitrogen and oxygen atoms in total. The third kappa shape index (κ3) is 7.61. The maximum absolute atomic E-state index is 5.34. The summed E-state index contributed by atoms with van der Waals surface area (Å²) in [4.78, 5) is 7.52. The molecule has 0 amide bonds. The van der Waals surface area contributed by atoms with Crippen LogP contribution in [0, 0.1) is 0 Å². The molecule has 0 bridgehead atoms. The quantitative estimate of drug-likeness (QED) is 0.266. The Hall–Kier alpha value is -1.88. The number of ether oxygens (including phenoxy) is 1. The van der Waals surface area contributed by atoms with E-state index in [-0.39, 0.29) is 30.0 Å². The smallest absolute Gasteiger partial charge is 0.191 e. The predicted molar refractivity (Wildman–Crippen MR) is 140 cm³/mol. The minimum Gasteiger partial charge on any atom is -0.497 e. The number of hydrogen-bond acceptors (Lipinski definition) is 5. The Labute approximate surface area is 209 Å². The average molecular weight is 556 g/mol. The molecule has 0 saturated carbocycles. The fourth-order valence-electron chi connectivity index (χ4n) is 4.04. The van der Waals surface area contributed by atoms with Crippen molar-refractivity contribution in [1.29, 1.82) is 0 Å². The summed E-state index contributed by atoms with van der Waals surface area (Å²) < 4.78 is 7.43. The molecule has 1 aliphatic heterocycles. The normalized spacial score (nSPS) is 15.7.